The number of nitrogens with zero attached hydrogens (tertiary/aromatic N) is 2. The van der Waals surface area contributed by atoms with E-state index in [0.29, 0.717) is 36.0 Å². The SMILES string of the molecule is CCOC(=O)c1c(C=O)c2cc3c(cc2n1C)N(Cc1ccccc1)CC(C(=O)OCC)O3. The van der Waals surface area contributed by atoms with Gasteiger partial charge in [-0.3, -0.25) is 4.79 Å². The Balaban J connectivity index is 1.85. The van der Waals surface area contributed by atoms with E-state index in [1.54, 1.807) is 31.5 Å². The first-order chi connectivity index (χ1) is 16.0. The van der Waals surface area contributed by atoms with Crippen molar-refractivity contribution in [3.63, 3.8) is 0 Å². The van der Waals surface area contributed by atoms with E-state index < -0.39 is 18.0 Å². The summed E-state index contributed by atoms with van der Waals surface area (Å²) in [7, 11) is 1.72. The van der Waals surface area contributed by atoms with Gasteiger partial charge in [-0.05, 0) is 31.5 Å². The van der Waals surface area contributed by atoms with E-state index in [1.807, 2.05) is 41.3 Å². The maximum atomic E-state index is 12.6. The topological polar surface area (TPSA) is 87.1 Å². The molecule has 1 atom stereocenters. The van der Waals surface area contributed by atoms with Crippen molar-refractivity contribution in [1.29, 1.82) is 0 Å². The second kappa shape index (κ2) is 9.36. The van der Waals surface area contributed by atoms with Gasteiger partial charge in [0.15, 0.2) is 6.29 Å². The van der Waals surface area contributed by atoms with Crippen LogP contribution in [0.1, 0.15) is 40.3 Å². The molecule has 0 saturated carbocycles. The molecule has 1 aliphatic rings. The second-order valence-electron chi connectivity index (χ2n) is 7.72. The van der Waals surface area contributed by atoms with Gasteiger partial charge in [0.05, 0.1) is 36.5 Å². The maximum Gasteiger partial charge on any atom is 0.355 e. The number of aromatic nitrogens is 1. The number of hydrogen-bond donors (Lipinski definition) is 0. The number of esters is 2. The fraction of sp³-hybridized carbons (Fsp3) is 0.320. The minimum atomic E-state index is -0.813. The van der Waals surface area contributed by atoms with E-state index in [2.05, 4.69) is 0 Å². The highest BCUT2D eigenvalue weighted by Crippen LogP contribution is 2.40. The van der Waals surface area contributed by atoms with Gasteiger partial charge in [0.25, 0.3) is 0 Å². The molecule has 0 radical (unpaired) electrons. The Labute approximate surface area is 191 Å². The Bertz CT molecular complexity index is 1200. The normalized spacial score (nSPS) is 15.0. The molecule has 8 nitrogen and oxygen atoms in total. The van der Waals surface area contributed by atoms with Crippen LogP contribution in [0.15, 0.2) is 42.5 Å². The third-order valence-corrected chi connectivity index (χ3v) is 5.67. The fourth-order valence-electron chi connectivity index (χ4n) is 4.19. The summed E-state index contributed by atoms with van der Waals surface area (Å²) >= 11 is 0. The Hall–Kier alpha value is -3.81. The van der Waals surface area contributed by atoms with Crippen molar-refractivity contribution < 1.29 is 28.6 Å². The van der Waals surface area contributed by atoms with Gasteiger partial charge in [0.2, 0.25) is 6.10 Å². The predicted molar refractivity (Wildman–Crippen MR) is 123 cm³/mol. The van der Waals surface area contributed by atoms with Crippen LogP contribution in [0.25, 0.3) is 10.9 Å². The zero-order valence-corrected chi connectivity index (χ0v) is 18.9. The lowest BCUT2D eigenvalue weighted by molar-refractivity contribution is -0.151. The second-order valence-corrected chi connectivity index (χ2v) is 7.72. The lowest BCUT2D eigenvalue weighted by Crippen LogP contribution is -2.45. The molecule has 4 rings (SSSR count). The molecular formula is C25H26N2O6. The first kappa shape index (κ1) is 22.4. The molecule has 0 aliphatic carbocycles. The Morgan fingerprint density at radius 2 is 1.85 bits per heavy atom. The van der Waals surface area contributed by atoms with Crippen molar-refractivity contribution >= 4 is 34.8 Å². The molecule has 0 spiro atoms. The quantitative estimate of drug-likeness (QED) is 0.402. The minimum absolute atomic E-state index is 0.181. The highest BCUT2D eigenvalue weighted by atomic mass is 16.6. The molecule has 2 heterocycles. The summed E-state index contributed by atoms with van der Waals surface area (Å²) in [4.78, 5) is 39.1. The van der Waals surface area contributed by atoms with E-state index in [-0.39, 0.29) is 24.5 Å². The van der Waals surface area contributed by atoms with Crippen LogP contribution in [0, 0.1) is 0 Å². The number of rotatable bonds is 7. The summed E-state index contributed by atoms with van der Waals surface area (Å²) < 4.78 is 18.0. The fourth-order valence-corrected chi connectivity index (χ4v) is 4.19. The molecule has 8 heteroatoms. The number of benzene rings is 2. The molecule has 2 aromatic carbocycles. The average molecular weight is 450 g/mol. The van der Waals surface area contributed by atoms with Gasteiger partial charge in [0, 0.05) is 19.0 Å². The molecule has 0 fully saturated rings. The molecule has 0 bridgehead atoms. The number of carbonyl (C=O) groups excluding carboxylic acids is 3. The summed E-state index contributed by atoms with van der Waals surface area (Å²) in [6.07, 6.45) is -0.166. The maximum absolute atomic E-state index is 12.6. The number of ether oxygens (including phenoxy) is 3. The van der Waals surface area contributed by atoms with Gasteiger partial charge >= 0.3 is 11.9 Å². The lowest BCUT2D eigenvalue weighted by Gasteiger charge is -2.35. The number of fused-ring (bicyclic) bond motifs is 2. The highest BCUT2D eigenvalue weighted by molar-refractivity contribution is 6.10. The van der Waals surface area contributed by atoms with Gasteiger partial charge in [-0.1, -0.05) is 30.3 Å². The van der Waals surface area contributed by atoms with Crippen molar-refractivity contribution in [2.45, 2.75) is 26.5 Å². The summed E-state index contributed by atoms with van der Waals surface area (Å²) in [6.45, 7) is 4.77. The average Bonchev–Trinajstić information content (AvgIpc) is 3.09. The van der Waals surface area contributed by atoms with Crippen molar-refractivity contribution in [3.8, 4) is 5.75 Å². The Morgan fingerprint density at radius 1 is 1.12 bits per heavy atom. The standard InChI is InChI=1S/C25H26N2O6/c1-4-31-24(29)22-14-27(13-16-9-7-6-8-10-16)20-12-19-17(11-21(20)33-22)18(15-28)23(26(19)3)25(30)32-5-2/h6-12,15,22H,4-5,13-14H2,1-3H3. The number of aryl methyl sites for hydroxylation is 1. The van der Waals surface area contributed by atoms with Crippen molar-refractivity contribution in [3.05, 3.63) is 59.3 Å². The van der Waals surface area contributed by atoms with Crippen LogP contribution < -0.4 is 9.64 Å². The summed E-state index contributed by atoms with van der Waals surface area (Å²) in [5.41, 5.74) is 2.93. The van der Waals surface area contributed by atoms with E-state index in [4.69, 9.17) is 14.2 Å². The first-order valence-corrected chi connectivity index (χ1v) is 10.9. The van der Waals surface area contributed by atoms with Crippen molar-refractivity contribution in [2.75, 3.05) is 24.7 Å². The lowest BCUT2D eigenvalue weighted by atomic mass is 10.1. The number of carbonyl (C=O) groups is 3. The molecule has 172 valence electrons. The zero-order valence-electron chi connectivity index (χ0n) is 18.9. The minimum Gasteiger partial charge on any atom is -0.475 e. The first-order valence-electron chi connectivity index (χ1n) is 10.9. The van der Waals surface area contributed by atoms with Gasteiger partial charge in [-0.2, -0.15) is 0 Å². The van der Waals surface area contributed by atoms with Gasteiger partial charge in [-0.15, -0.1) is 0 Å². The zero-order chi connectivity index (χ0) is 23.5. The van der Waals surface area contributed by atoms with E-state index >= 15 is 0 Å². The largest absolute Gasteiger partial charge is 0.475 e. The third-order valence-electron chi connectivity index (χ3n) is 5.67. The van der Waals surface area contributed by atoms with Crippen LogP contribution in [0.4, 0.5) is 5.69 Å². The molecule has 33 heavy (non-hydrogen) atoms. The smallest absolute Gasteiger partial charge is 0.355 e. The molecule has 1 aromatic heterocycles. The molecule has 0 N–H and O–H groups in total. The van der Waals surface area contributed by atoms with Gasteiger partial charge in [-0.25, -0.2) is 9.59 Å². The molecule has 3 aromatic rings. The van der Waals surface area contributed by atoms with Gasteiger partial charge < -0.3 is 23.7 Å². The Morgan fingerprint density at radius 3 is 2.52 bits per heavy atom. The number of hydrogen-bond acceptors (Lipinski definition) is 7. The molecular weight excluding hydrogens is 424 g/mol. The molecule has 0 saturated heterocycles. The van der Waals surface area contributed by atoms with E-state index in [0.717, 1.165) is 11.3 Å². The number of aldehydes is 1. The molecule has 0 amide bonds. The summed E-state index contributed by atoms with van der Waals surface area (Å²) in [5, 5.41) is 0.554. The van der Waals surface area contributed by atoms with Crippen LogP contribution in [-0.4, -0.2) is 48.7 Å². The molecule has 1 unspecified atom stereocenters. The van der Waals surface area contributed by atoms with Crippen molar-refractivity contribution in [1.82, 2.24) is 4.57 Å². The molecule has 1 aliphatic heterocycles. The highest BCUT2D eigenvalue weighted by Gasteiger charge is 2.33. The van der Waals surface area contributed by atoms with Crippen molar-refractivity contribution in [2.24, 2.45) is 7.05 Å². The van der Waals surface area contributed by atoms with Crippen LogP contribution >= 0.6 is 0 Å². The van der Waals surface area contributed by atoms with Crippen LogP contribution in [0.2, 0.25) is 0 Å². The summed E-state index contributed by atoms with van der Waals surface area (Å²) in [6, 6.07) is 13.5. The van der Waals surface area contributed by atoms with E-state index in [1.165, 1.54) is 0 Å². The monoisotopic (exact) mass is 450 g/mol. The van der Waals surface area contributed by atoms with Crippen LogP contribution in [-0.2, 0) is 27.9 Å². The third kappa shape index (κ3) is 4.16. The number of anilines is 1. The van der Waals surface area contributed by atoms with Gasteiger partial charge in [0.1, 0.15) is 11.4 Å². The Kier molecular flexibility index (Phi) is 6.35. The predicted octanol–water partition coefficient (Wildman–Crippen LogP) is 3.50. The van der Waals surface area contributed by atoms with E-state index in [9.17, 15) is 14.4 Å². The summed E-state index contributed by atoms with van der Waals surface area (Å²) in [5.74, 6) is -0.563. The van der Waals surface area contributed by atoms with Crippen LogP contribution in [0.3, 0.4) is 0 Å². The van der Waals surface area contributed by atoms with Crippen LogP contribution in [0.5, 0.6) is 5.75 Å².